The number of carbonyl (C=O) groups is 2. The zero-order valence-corrected chi connectivity index (χ0v) is 15.2. The van der Waals surface area contributed by atoms with E-state index in [1.54, 1.807) is 17.0 Å². The predicted molar refractivity (Wildman–Crippen MR) is 90.9 cm³/mol. The molecule has 1 aromatic carbocycles. The third-order valence-corrected chi connectivity index (χ3v) is 3.71. The lowest BCUT2D eigenvalue weighted by Crippen LogP contribution is -2.42. The average Bonchev–Trinajstić information content (AvgIpc) is 2.89. The molecular weight excluding hydrogens is 326 g/mol. The van der Waals surface area contributed by atoms with Crippen molar-refractivity contribution in [3.63, 3.8) is 0 Å². The first-order chi connectivity index (χ1) is 11.6. The maximum Gasteiger partial charge on any atom is 0.410 e. The Hall–Kier alpha value is -2.44. The second-order valence-electron chi connectivity index (χ2n) is 7.01. The summed E-state index contributed by atoms with van der Waals surface area (Å²) in [5.74, 6) is -0.367. The highest BCUT2D eigenvalue weighted by Crippen LogP contribution is 2.35. The number of rotatable bonds is 5. The Morgan fingerprint density at radius 3 is 2.48 bits per heavy atom. The minimum Gasteiger partial charge on any atom is -0.476 e. The predicted octanol–water partition coefficient (Wildman–Crippen LogP) is 3.06. The van der Waals surface area contributed by atoms with E-state index in [0.717, 1.165) is 5.56 Å². The number of hydrogen-bond acceptors (Lipinski definition) is 5. The van der Waals surface area contributed by atoms with Crippen LogP contribution in [-0.2, 0) is 16.0 Å². The molecule has 0 radical (unpaired) electrons. The van der Waals surface area contributed by atoms with E-state index < -0.39 is 17.9 Å². The second kappa shape index (κ2) is 7.21. The number of ether oxygens (including phenoxy) is 3. The number of aliphatic carboxylic acids is 1. The Kier molecular flexibility index (Phi) is 5.45. The van der Waals surface area contributed by atoms with E-state index in [4.69, 9.17) is 19.3 Å². The van der Waals surface area contributed by atoms with Crippen LogP contribution in [0.2, 0.25) is 0 Å². The van der Waals surface area contributed by atoms with Crippen molar-refractivity contribution in [1.82, 2.24) is 4.90 Å². The molecule has 0 aliphatic carbocycles. The van der Waals surface area contributed by atoms with Crippen LogP contribution >= 0.6 is 0 Å². The van der Waals surface area contributed by atoms with Crippen LogP contribution in [0.15, 0.2) is 18.2 Å². The van der Waals surface area contributed by atoms with Gasteiger partial charge < -0.3 is 24.2 Å². The molecule has 25 heavy (non-hydrogen) atoms. The Labute approximate surface area is 147 Å². The SMILES string of the molecule is CCN(C(=O)OC(C)(C)C)C(C)Cc1ccc2c(c1)OC(C(=O)O)O2. The van der Waals surface area contributed by atoms with Crippen LogP contribution in [-0.4, -0.2) is 46.5 Å². The fourth-order valence-corrected chi connectivity index (χ4v) is 2.62. The molecular formula is C18H25NO6. The Morgan fingerprint density at radius 2 is 1.92 bits per heavy atom. The third kappa shape index (κ3) is 4.78. The maximum atomic E-state index is 12.3. The number of fused-ring (bicyclic) bond motifs is 1. The molecule has 138 valence electrons. The van der Waals surface area contributed by atoms with Crippen molar-refractivity contribution in [1.29, 1.82) is 0 Å². The molecule has 1 heterocycles. The summed E-state index contributed by atoms with van der Waals surface area (Å²) in [6.45, 7) is 9.87. The van der Waals surface area contributed by atoms with Crippen molar-refractivity contribution in [3.05, 3.63) is 23.8 Å². The first-order valence-electron chi connectivity index (χ1n) is 8.29. The van der Waals surface area contributed by atoms with E-state index in [9.17, 15) is 9.59 Å². The van der Waals surface area contributed by atoms with Gasteiger partial charge in [-0.3, -0.25) is 0 Å². The zero-order chi connectivity index (χ0) is 18.8. The lowest BCUT2D eigenvalue weighted by atomic mass is 10.1. The van der Waals surface area contributed by atoms with Crippen molar-refractivity contribution in [2.45, 2.75) is 59.0 Å². The Balaban J connectivity index is 2.05. The molecule has 0 fully saturated rings. The molecule has 2 unspecified atom stereocenters. The zero-order valence-electron chi connectivity index (χ0n) is 15.2. The number of carboxylic acid groups (broad SMARTS) is 1. The molecule has 0 saturated carbocycles. The van der Waals surface area contributed by atoms with Crippen LogP contribution in [0.1, 0.15) is 40.2 Å². The topological polar surface area (TPSA) is 85.3 Å². The average molecular weight is 351 g/mol. The fraction of sp³-hybridized carbons (Fsp3) is 0.556. The Morgan fingerprint density at radius 1 is 1.28 bits per heavy atom. The smallest absolute Gasteiger partial charge is 0.410 e. The fourth-order valence-electron chi connectivity index (χ4n) is 2.62. The summed E-state index contributed by atoms with van der Waals surface area (Å²) in [4.78, 5) is 24.9. The van der Waals surface area contributed by atoms with Gasteiger partial charge in [0, 0.05) is 12.6 Å². The van der Waals surface area contributed by atoms with Gasteiger partial charge in [0.2, 0.25) is 0 Å². The van der Waals surface area contributed by atoms with Gasteiger partial charge in [-0.25, -0.2) is 9.59 Å². The van der Waals surface area contributed by atoms with Crippen molar-refractivity contribution in [2.75, 3.05) is 6.54 Å². The first-order valence-corrected chi connectivity index (χ1v) is 8.29. The van der Waals surface area contributed by atoms with Gasteiger partial charge >= 0.3 is 18.4 Å². The van der Waals surface area contributed by atoms with Gasteiger partial charge in [0.15, 0.2) is 11.5 Å². The van der Waals surface area contributed by atoms with E-state index in [1.807, 2.05) is 40.7 Å². The summed E-state index contributed by atoms with van der Waals surface area (Å²) in [7, 11) is 0. The summed E-state index contributed by atoms with van der Waals surface area (Å²) in [5.41, 5.74) is 0.373. The largest absolute Gasteiger partial charge is 0.476 e. The number of nitrogens with zero attached hydrogens (tertiary/aromatic N) is 1. The highest BCUT2D eigenvalue weighted by molar-refractivity contribution is 5.73. The van der Waals surface area contributed by atoms with E-state index in [0.29, 0.717) is 24.5 Å². The van der Waals surface area contributed by atoms with Crippen molar-refractivity contribution in [2.24, 2.45) is 0 Å². The van der Waals surface area contributed by atoms with Crippen molar-refractivity contribution in [3.8, 4) is 11.5 Å². The van der Waals surface area contributed by atoms with Crippen molar-refractivity contribution < 1.29 is 28.9 Å². The lowest BCUT2D eigenvalue weighted by Gasteiger charge is -2.31. The van der Waals surface area contributed by atoms with E-state index >= 15 is 0 Å². The minimum absolute atomic E-state index is 0.0875. The van der Waals surface area contributed by atoms with Gasteiger partial charge in [0.05, 0.1) is 0 Å². The molecule has 1 amide bonds. The quantitative estimate of drug-likeness (QED) is 0.877. The van der Waals surface area contributed by atoms with E-state index in [2.05, 4.69) is 0 Å². The molecule has 1 aromatic rings. The molecule has 7 heteroatoms. The van der Waals surface area contributed by atoms with Gasteiger partial charge in [-0.15, -0.1) is 0 Å². The molecule has 2 rings (SSSR count). The third-order valence-electron chi connectivity index (χ3n) is 3.71. The van der Waals surface area contributed by atoms with Gasteiger partial charge in [0.1, 0.15) is 5.60 Å². The van der Waals surface area contributed by atoms with Gasteiger partial charge in [-0.05, 0) is 58.7 Å². The molecule has 0 spiro atoms. The normalized spacial score (nSPS) is 17.1. The molecule has 1 aliphatic heterocycles. The first kappa shape index (κ1) is 18.9. The number of carboxylic acids is 1. The highest BCUT2D eigenvalue weighted by atomic mass is 16.7. The van der Waals surface area contributed by atoms with Gasteiger partial charge in [-0.1, -0.05) is 6.07 Å². The van der Waals surface area contributed by atoms with Crippen LogP contribution < -0.4 is 9.47 Å². The van der Waals surface area contributed by atoms with Crippen LogP contribution in [0.5, 0.6) is 11.5 Å². The molecule has 0 bridgehead atoms. The summed E-state index contributed by atoms with van der Waals surface area (Å²) < 4.78 is 15.9. The lowest BCUT2D eigenvalue weighted by molar-refractivity contribution is -0.154. The number of hydrogen-bond donors (Lipinski definition) is 1. The Bertz CT molecular complexity index is 651. The molecule has 2 atom stereocenters. The number of amides is 1. The van der Waals surface area contributed by atoms with Crippen LogP contribution in [0.3, 0.4) is 0 Å². The summed E-state index contributed by atoms with van der Waals surface area (Å²) in [6.07, 6.45) is -1.08. The summed E-state index contributed by atoms with van der Waals surface area (Å²) in [5, 5.41) is 8.95. The van der Waals surface area contributed by atoms with Crippen molar-refractivity contribution >= 4 is 12.1 Å². The standard InChI is InChI=1S/C18H25NO6/c1-6-19(17(22)25-18(3,4)5)11(2)9-12-7-8-13-14(10-12)24-16(23-13)15(20)21/h7-8,10-11,16H,6,9H2,1-5H3,(H,20,21). The second-order valence-corrected chi connectivity index (χ2v) is 7.01. The molecule has 1 aliphatic rings. The number of benzene rings is 1. The molecule has 0 aromatic heterocycles. The molecule has 1 N–H and O–H groups in total. The highest BCUT2D eigenvalue weighted by Gasteiger charge is 2.31. The maximum absolute atomic E-state index is 12.3. The summed E-state index contributed by atoms with van der Waals surface area (Å²) in [6, 6.07) is 5.18. The minimum atomic E-state index is -1.31. The van der Waals surface area contributed by atoms with Crippen LogP contribution in [0.25, 0.3) is 0 Å². The molecule has 7 nitrogen and oxygen atoms in total. The number of likely N-dealkylation sites (N-methyl/N-ethyl adjacent to an activating group) is 1. The van der Waals surface area contributed by atoms with Gasteiger partial charge in [-0.2, -0.15) is 0 Å². The van der Waals surface area contributed by atoms with E-state index in [-0.39, 0.29) is 12.1 Å². The monoisotopic (exact) mass is 351 g/mol. The molecule has 0 saturated heterocycles. The van der Waals surface area contributed by atoms with E-state index in [1.165, 1.54) is 0 Å². The van der Waals surface area contributed by atoms with Crippen LogP contribution in [0.4, 0.5) is 4.79 Å². The number of carbonyl (C=O) groups excluding carboxylic acids is 1. The summed E-state index contributed by atoms with van der Waals surface area (Å²) >= 11 is 0. The van der Waals surface area contributed by atoms with Gasteiger partial charge in [0.25, 0.3) is 0 Å². The van der Waals surface area contributed by atoms with Crippen LogP contribution in [0, 0.1) is 0 Å².